The lowest BCUT2D eigenvalue weighted by Gasteiger charge is -1.97. The zero-order valence-corrected chi connectivity index (χ0v) is 12.4. The molecule has 1 aromatic heterocycles. The molecule has 2 aromatic rings. The van der Waals surface area contributed by atoms with Gasteiger partial charge in [0.15, 0.2) is 0 Å². The molecule has 0 spiro atoms. The summed E-state index contributed by atoms with van der Waals surface area (Å²) >= 11 is 1.17. The third-order valence-corrected chi connectivity index (χ3v) is 3.54. The van der Waals surface area contributed by atoms with Gasteiger partial charge in [0.2, 0.25) is 5.13 Å². The number of nitrogens with zero attached hydrogens (tertiary/aromatic N) is 2. The minimum Gasteiger partial charge on any atom is -0.462 e. The van der Waals surface area contributed by atoms with Crippen LogP contribution in [-0.2, 0) is 4.74 Å². The zero-order valence-electron chi connectivity index (χ0n) is 11.6. The number of nitrogens with one attached hydrogen (secondary N) is 1. The Kier molecular flexibility index (Phi) is 4.99. The molecule has 5 nitrogen and oxygen atoms in total. The number of aromatic nitrogens is 1. The standard InChI is InChI=1S/C14H14FN3O2S/c1-3-20-13(19)12-9(2)17-14(21-12)18-16-8-10-4-6-11(15)7-5-10/h4-8H,3H2,1-2H3,(H,17,18)/b16-8-. The van der Waals surface area contributed by atoms with Crippen LogP contribution in [0.1, 0.15) is 27.9 Å². The summed E-state index contributed by atoms with van der Waals surface area (Å²) in [4.78, 5) is 16.3. The van der Waals surface area contributed by atoms with Crippen LogP contribution in [0.15, 0.2) is 29.4 Å². The normalized spacial score (nSPS) is 10.8. The van der Waals surface area contributed by atoms with Crippen molar-refractivity contribution in [2.45, 2.75) is 13.8 Å². The second kappa shape index (κ2) is 6.94. The molecule has 0 saturated heterocycles. The number of anilines is 1. The van der Waals surface area contributed by atoms with Crippen LogP contribution in [0.2, 0.25) is 0 Å². The van der Waals surface area contributed by atoms with Crippen LogP contribution in [0.3, 0.4) is 0 Å². The molecule has 2 rings (SSSR count). The first-order valence-electron chi connectivity index (χ1n) is 6.29. The number of rotatable bonds is 5. The van der Waals surface area contributed by atoms with Crippen molar-refractivity contribution in [2.24, 2.45) is 5.10 Å². The maximum atomic E-state index is 12.7. The molecule has 1 heterocycles. The molecule has 0 atom stereocenters. The fourth-order valence-corrected chi connectivity index (χ4v) is 2.35. The molecule has 0 bridgehead atoms. The Bertz CT molecular complexity index is 653. The monoisotopic (exact) mass is 307 g/mol. The molecule has 7 heteroatoms. The Morgan fingerprint density at radius 2 is 2.19 bits per heavy atom. The predicted molar refractivity (Wildman–Crippen MR) is 80.4 cm³/mol. The van der Waals surface area contributed by atoms with E-state index < -0.39 is 0 Å². The second-order valence-corrected chi connectivity index (χ2v) is 5.07. The minimum absolute atomic E-state index is 0.297. The number of carbonyl (C=O) groups is 1. The lowest BCUT2D eigenvalue weighted by Crippen LogP contribution is -2.03. The van der Waals surface area contributed by atoms with Crippen LogP contribution in [0.25, 0.3) is 0 Å². The fourth-order valence-electron chi connectivity index (χ4n) is 1.54. The number of carbonyl (C=O) groups excluding carboxylic acids is 1. The number of benzene rings is 1. The van der Waals surface area contributed by atoms with Crippen molar-refractivity contribution < 1.29 is 13.9 Å². The number of aryl methyl sites for hydroxylation is 1. The molecule has 0 aliphatic rings. The highest BCUT2D eigenvalue weighted by molar-refractivity contribution is 7.17. The van der Waals surface area contributed by atoms with E-state index in [4.69, 9.17) is 4.74 Å². The minimum atomic E-state index is -0.386. The van der Waals surface area contributed by atoms with Crippen LogP contribution in [0, 0.1) is 12.7 Å². The van der Waals surface area contributed by atoms with Crippen LogP contribution in [0.4, 0.5) is 9.52 Å². The topological polar surface area (TPSA) is 63.6 Å². The number of hydrogen-bond donors (Lipinski definition) is 1. The molecular formula is C14H14FN3O2S. The van der Waals surface area contributed by atoms with Crippen molar-refractivity contribution in [3.05, 3.63) is 46.2 Å². The van der Waals surface area contributed by atoms with Gasteiger partial charge in [-0.3, -0.25) is 5.43 Å². The van der Waals surface area contributed by atoms with Crippen LogP contribution < -0.4 is 5.43 Å². The molecule has 1 N–H and O–H groups in total. The van der Waals surface area contributed by atoms with Crippen molar-refractivity contribution in [3.63, 3.8) is 0 Å². The van der Waals surface area contributed by atoms with Gasteiger partial charge in [-0.25, -0.2) is 14.2 Å². The molecule has 21 heavy (non-hydrogen) atoms. The molecule has 0 saturated carbocycles. The molecule has 1 aromatic carbocycles. The van der Waals surface area contributed by atoms with E-state index in [-0.39, 0.29) is 11.8 Å². The number of hydrogen-bond acceptors (Lipinski definition) is 6. The summed E-state index contributed by atoms with van der Waals surface area (Å²) in [5.41, 5.74) is 4.09. The summed E-state index contributed by atoms with van der Waals surface area (Å²) in [5.74, 6) is -0.683. The SMILES string of the molecule is CCOC(=O)c1sc(N/N=C\c2ccc(F)cc2)nc1C. The van der Waals surface area contributed by atoms with Gasteiger partial charge in [-0.1, -0.05) is 23.5 Å². The highest BCUT2D eigenvalue weighted by Gasteiger charge is 2.15. The average molecular weight is 307 g/mol. The Hall–Kier alpha value is -2.28. The van der Waals surface area contributed by atoms with E-state index >= 15 is 0 Å². The first-order chi connectivity index (χ1) is 10.1. The van der Waals surface area contributed by atoms with Gasteiger partial charge in [-0.15, -0.1) is 0 Å². The molecule has 0 unspecified atom stereocenters. The van der Waals surface area contributed by atoms with Gasteiger partial charge in [0.1, 0.15) is 10.7 Å². The van der Waals surface area contributed by atoms with Gasteiger partial charge in [-0.05, 0) is 31.5 Å². The summed E-state index contributed by atoms with van der Waals surface area (Å²) in [6, 6.07) is 5.93. The van der Waals surface area contributed by atoms with Crippen molar-refractivity contribution in [2.75, 3.05) is 12.0 Å². The van der Waals surface area contributed by atoms with Gasteiger partial charge in [0.05, 0.1) is 18.5 Å². The molecule has 0 amide bonds. The van der Waals surface area contributed by atoms with E-state index in [9.17, 15) is 9.18 Å². The van der Waals surface area contributed by atoms with E-state index in [1.54, 1.807) is 32.2 Å². The van der Waals surface area contributed by atoms with Gasteiger partial charge in [0, 0.05) is 0 Å². The summed E-state index contributed by atoms with van der Waals surface area (Å²) in [6.07, 6.45) is 1.54. The van der Waals surface area contributed by atoms with E-state index in [2.05, 4.69) is 15.5 Å². The van der Waals surface area contributed by atoms with E-state index in [0.717, 1.165) is 5.56 Å². The maximum absolute atomic E-state index is 12.7. The van der Waals surface area contributed by atoms with Crippen LogP contribution in [0.5, 0.6) is 0 Å². The van der Waals surface area contributed by atoms with E-state index in [1.165, 1.54) is 23.5 Å². The summed E-state index contributed by atoms with van der Waals surface area (Å²) in [7, 11) is 0. The lowest BCUT2D eigenvalue weighted by atomic mass is 10.2. The van der Waals surface area contributed by atoms with Crippen molar-refractivity contribution in [1.29, 1.82) is 0 Å². The third kappa shape index (κ3) is 4.09. The van der Waals surface area contributed by atoms with Crippen molar-refractivity contribution >= 4 is 28.7 Å². The smallest absolute Gasteiger partial charge is 0.350 e. The molecule has 0 radical (unpaired) electrons. The van der Waals surface area contributed by atoms with Gasteiger partial charge < -0.3 is 4.74 Å². The highest BCUT2D eigenvalue weighted by atomic mass is 32.1. The van der Waals surface area contributed by atoms with Crippen LogP contribution >= 0.6 is 11.3 Å². The Balaban J connectivity index is 2.02. The molecule has 0 aliphatic carbocycles. The zero-order chi connectivity index (χ0) is 15.2. The average Bonchev–Trinajstić information content (AvgIpc) is 2.82. The maximum Gasteiger partial charge on any atom is 0.350 e. The van der Waals surface area contributed by atoms with E-state index in [0.29, 0.717) is 22.3 Å². The van der Waals surface area contributed by atoms with Crippen molar-refractivity contribution in [1.82, 2.24) is 4.98 Å². The summed E-state index contributed by atoms with van der Waals surface area (Å²) in [5, 5.41) is 4.49. The number of hydrazone groups is 1. The predicted octanol–water partition coefficient (Wildman–Crippen LogP) is 3.21. The van der Waals surface area contributed by atoms with Gasteiger partial charge in [-0.2, -0.15) is 5.10 Å². The van der Waals surface area contributed by atoms with Crippen LogP contribution in [-0.4, -0.2) is 23.8 Å². The summed E-state index contributed by atoms with van der Waals surface area (Å²) < 4.78 is 17.7. The molecule has 0 fully saturated rings. The third-order valence-electron chi connectivity index (χ3n) is 2.50. The highest BCUT2D eigenvalue weighted by Crippen LogP contribution is 2.23. The number of halogens is 1. The number of esters is 1. The largest absolute Gasteiger partial charge is 0.462 e. The quantitative estimate of drug-likeness (QED) is 0.523. The second-order valence-electron chi connectivity index (χ2n) is 4.08. The molecule has 110 valence electrons. The van der Waals surface area contributed by atoms with E-state index in [1.807, 2.05) is 0 Å². The fraction of sp³-hybridized carbons (Fsp3) is 0.214. The molecule has 0 aliphatic heterocycles. The first-order valence-corrected chi connectivity index (χ1v) is 7.11. The lowest BCUT2D eigenvalue weighted by molar-refractivity contribution is 0.0531. The Morgan fingerprint density at radius 1 is 1.48 bits per heavy atom. The molecular weight excluding hydrogens is 293 g/mol. The van der Waals surface area contributed by atoms with Crippen molar-refractivity contribution in [3.8, 4) is 0 Å². The Labute approximate surface area is 125 Å². The van der Waals surface area contributed by atoms with Gasteiger partial charge >= 0.3 is 5.97 Å². The summed E-state index contributed by atoms with van der Waals surface area (Å²) in [6.45, 7) is 3.81. The number of ether oxygens (including phenoxy) is 1. The first kappa shape index (κ1) is 15.1. The Morgan fingerprint density at radius 3 is 2.86 bits per heavy atom. The number of thiazole rings is 1. The van der Waals surface area contributed by atoms with Gasteiger partial charge in [0.25, 0.3) is 0 Å².